The largest absolute Gasteiger partial charge is 0.353 e. The molecule has 2 rings (SSSR count). The Labute approximate surface area is 142 Å². The number of amides is 1. The molecule has 1 aromatic rings. The third kappa shape index (κ3) is 5.19. The molecule has 0 radical (unpaired) electrons. The van der Waals surface area contributed by atoms with E-state index in [1.807, 2.05) is 0 Å². The quantitative estimate of drug-likeness (QED) is 0.786. The van der Waals surface area contributed by atoms with E-state index in [4.69, 9.17) is 0 Å². The lowest BCUT2D eigenvalue weighted by Crippen LogP contribution is -2.37. The van der Waals surface area contributed by atoms with Crippen LogP contribution < -0.4 is 5.32 Å². The first-order chi connectivity index (χ1) is 10.9. The van der Waals surface area contributed by atoms with E-state index in [2.05, 4.69) is 10.3 Å². The molecule has 0 atom stereocenters. The Bertz CT molecular complexity index is 624. The van der Waals surface area contributed by atoms with Gasteiger partial charge in [0.2, 0.25) is 15.9 Å². The molecule has 0 spiro atoms. The van der Waals surface area contributed by atoms with Crippen molar-refractivity contribution in [1.29, 1.82) is 0 Å². The second-order valence-electron chi connectivity index (χ2n) is 5.81. The zero-order valence-corrected chi connectivity index (χ0v) is 15.1. The smallest absolute Gasteiger partial charge is 0.244 e. The second kappa shape index (κ2) is 8.12. The van der Waals surface area contributed by atoms with E-state index in [0.29, 0.717) is 16.8 Å². The van der Waals surface area contributed by atoms with Gasteiger partial charge in [0, 0.05) is 26.3 Å². The van der Waals surface area contributed by atoms with E-state index in [1.165, 1.54) is 57.4 Å². The van der Waals surface area contributed by atoms with Crippen molar-refractivity contribution in [2.24, 2.45) is 0 Å². The molecule has 1 aliphatic rings. The lowest BCUT2D eigenvalue weighted by atomic mass is 9.95. The molecule has 6 nitrogen and oxygen atoms in total. The number of aromatic nitrogens is 1. The summed E-state index contributed by atoms with van der Waals surface area (Å²) in [6.45, 7) is 0. The van der Waals surface area contributed by atoms with E-state index in [1.54, 1.807) is 6.07 Å². The number of pyridine rings is 1. The predicted octanol–water partition coefficient (Wildman–Crippen LogP) is 1.87. The van der Waals surface area contributed by atoms with E-state index in [-0.39, 0.29) is 10.8 Å². The molecule has 1 aromatic heterocycles. The van der Waals surface area contributed by atoms with Crippen molar-refractivity contribution in [3.8, 4) is 0 Å². The Morgan fingerprint density at radius 3 is 2.57 bits per heavy atom. The summed E-state index contributed by atoms with van der Waals surface area (Å²) < 4.78 is 25.0. The van der Waals surface area contributed by atoms with Crippen LogP contribution in [0.25, 0.3) is 0 Å². The van der Waals surface area contributed by atoms with E-state index in [0.717, 1.165) is 17.1 Å². The van der Waals surface area contributed by atoms with Crippen LogP contribution in [0, 0.1) is 0 Å². The van der Waals surface area contributed by atoms with Gasteiger partial charge in [-0.15, -0.1) is 0 Å². The maximum absolute atomic E-state index is 11.9. The van der Waals surface area contributed by atoms with Crippen LogP contribution in [0.4, 0.5) is 0 Å². The molecule has 1 N–H and O–H groups in total. The maximum Gasteiger partial charge on any atom is 0.244 e. The lowest BCUT2D eigenvalue weighted by molar-refractivity contribution is -0.119. The van der Waals surface area contributed by atoms with Crippen molar-refractivity contribution < 1.29 is 13.2 Å². The Hall–Kier alpha value is -1.12. The van der Waals surface area contributed by atoms with Crippen molar-refractivity contribution in [3.05, 3.63) is 18.3 Å². The van der Waals surface area contributed by atoms with Crippen LogP contribution in [-0.2, 0) is 14.8 Å². The summed E-state index contributed by atoms with van der Waals surface area (Å²) >= 11 is 1.31. The number of carbonyl (C=O) groups excluding carboxylic acids is 1. The van der Waals surface area contributed by atoms with Crippen LogP contribution >= 0.6 is 11.8 Å². The molecule has 0 unspecified atom stereocenters. The highest BCUT2D eigenvalue weighted by Crippen LogP contribution is 2.20. The summed E-state index contributed by atoms with van der Waals surface area (Å²) in [6.07, 6.45) is 7.07. The first kappa shape index (κ1) is 18.2. The molecule has 8 heteroatoms. The molecule has 1 fully saturated rings. The molecule has 23 heavy (non-hydrogen) atoms. The lowest BCUT2D eigenvalue weighted by Gasteiger charge is -2.22. The monoisotopic (exact) mass is 357 g/mol. The first-order valence-corrected chi connectivity index (χ1v) is 10.1. The van der Waals surface area contributed by atoms with Gasteiger partial charge in [-0.25, -0.2) is 17.7 Å². The molecule has 0 bridgehead atoms. The van der Waals surface area contributed by atoms with E-state index in [9.17, 15) is 13.2 Å². The Kier molecular flexibility index (Phi) is 6.43. The Morgan fingerprint density at radius 2 is 2.00 bits per heavy atom. The minimum absolute atomic E-state index is 0.00805. The number of nitrogens with zero attached hydrogens (tertiary/aromatic N) is 2. The zero-order chi connectivity index (χ0) is 16.9. The highest BCUT2D eigenvalue weighted by Gasteiger charge is 2.18. The molecule has 1 heterocycles. The molecular formula is C15H23N3O3S2. The molecule has 1 saturated carbocycles. The fraction of sp³-hybridized carbons (Fsp3) is 0.600. The molecule has 0 aliphatic heterocycles. The van der Waals surface area contributed by atoms with Crippen LogP contribution in [0.15, 0.2) is 28.3 Å². The van der Waals surface area contributed by atoms with Gasteiger partial charge in [0.1, 0.15) is 4.90 Å². The van der Waals surface area contributed by atoms with Gasteiger partial charge in [-0.3, -0.25) is 4.79 Å². The highest BCUT2D eigenvalue weighted by atomic mass is 32.2. The van der Waals surface area contributed by atoms with Crippen molar-refractivity contribution >= 4 is 27.7 Å². The Morgan fingerprint density at radius 1 is 1.30 bits per heavy atom. The standard InChI is InChI=1S/C15H23N3O3S2/c1-18(2)23(20,21)13-8-9-15(16-10-13)22-11-14(19)17-12-6-4-3-5-7-12/h8-10,12H,3-7,11H2,1-2H3,(H,17,19). The fourth-order valence-electron chi connectivity index (χ4n) is 2.47. The molecular weight excluding hydrogens is 334 g/mol. The van der Waals surface area contributed by atoms with E-state index < -0.39 is 10.0 Å². The van der Waals surface area contributed by atoms with Gasteiger partial charge in [0.15, 0.2) is 0 Å². The van der Waals surface area contributed by atoms with Crippen molar-refractivity contribution in [1.82, 2.24) is 14.6 Å². The van der Waals surface area contributed by atoms with Crippen molar-refractivity contribution in [3.63, 3.8) is 0 Å². The number of hydrogen-bond donors (Lipinski definition) is 1. The van der Waals surface area contributed by atoms with Crippen LogP contribution in [0.2, 0.25) is 0 Å². The fourth-order valence-corrected chi connectivity index (χ4v) is 3.97. The summed E-state index contributed by atoms with van der Waals surface area (Å²) in [4.78, 5) is 16.2. The van der Waals surface area contributed by atoms with Gasteiger partial charge in [0.05, 0.1) is 10.8 Å². The number of thioether (sulfide) groups is 1. The number of sulfonamides is 1. The van der Waals surface area contributed by atoms with Crippen molar-refractivity contribution in [2.75, 3.05) is 19.8 Å². The van der Waals surface area contributed by atoms with Crippen LogP contribution in [0.1, 0.15) is 32.1 Å². The molecule has 0 saturated heterocycles. The number of carbonyl (C=O) groups is 1. The van der Waals surface area contributed by atoms with Crippen molar-refractivity contribution in [2.45, 2.75) is 48.1 Å². The van der Waals surface area contributed by atoms with E-state index >= 15 is 0 Å². The number of nitrogens with one attached hydrogen (secondary N) is 1. The summed E-state index contributed by atoms with van der Waals surface area (Å²) in [5.41, 5.74) is 0. The molecule has 1 amide bonds. The number of hydrogen-bond acceptors (Lipinski definition) is 5. The third-order valence-corrected chi connectivity index (χ3v) is 6.55. The minimum Gasteiger partial charge on any atom is -0.353 e. The van der Waals surface area contributed by atoms with Gasteiger partial charge in [-0.2, -0.15) is 0 Å². The topological polar surface area (TPSA) is 79.4 Å². The zero-order valence-electron chi connectivity index (χ0n) is 13.5. The molecule has 0 aromatic carbocycles. The van der Waals surface area contributed by atoms with Crippen LogP contribution in [-0.4, -0.2) is 49.5 Å². The molecule has 1 aliphatic carbocycles. The molecule has 128 valence electrons. The summed E-state index contributed by atoms with van der Waals surface area (Å²) in [5.74, 6) is 0.303. The number of rotatable bonds is 6. The summed E-state index contributed by atoms with van der Waals surface area (Å²) in [7, 11) is -0.502. The first-order valence-electron chi connectivity index (χ1n) is 7.70. The summed E-state index contributed by atoms with van der Waals surface area (Å²) in [6, 6.07) is 3.45. The second-order valence-corrected chi connectivity index (χ2v) is 8.96. The maximum atomic E-state index is 11.9. The average molecular weight is 358 g/mol. The third-order valence-electron chi connectivity index (χ3n) is 3.81. The van der Waals surface area contributed by atoms with Crippen LogP contribution in [0.5, 0.6) is 0 Å². The van der Waals surface area contributed by atoms with Gasteiger partial charge >= 0.3 is 0 Å². The minimum atomic E-state index is -3.46. The Balaban J connectivity index is 1.85. The SMILES string of the molecule is CN(C)S(=O)(=O)c1ccc(SCC(=O)NC2CCCCC2)nc1. The van der Waals surface area contributed by atoms with Crippen LogP contribution in [0.3, 0.4) is 0 Å². The normalized spacial score (nSPS) is 16.5. The average Bonchev–Trinajstić information content (AvgIpc) is 2.54. The van der Waals surface area contributed by atoms with Gasteiger partial charge < -0.3 is 5.32 Å². The van der Waals surface area contributed by atoms with Gasteiger partial charge in [-0.1, -0.05) is 31.0 Å². The highest BCUT2D eigenvalue weighted by molar-refractivity contribution is 7.99. The van der Waals surface area contributed by atoms with Gasteiger partial charge in [-0.05, 0) is 25.0 Å². The predicted molar refractivity (Wildman–Crippen MR) is 90.8 cm³/mol. The summed E-state index contributed by atoms with van der Waals surface area (Å²) in [5, 5.41) is 3.69. The van der Waals surface area contributed by atoms with Gasteiger partial charge in [0.25, 0.3) is 0 Å².